The molecule has 0 fully saturated rings. The number of benzene rings is 1. The lowest BCUT2D eigenvalue weighted by atomic mass is 10.1. The predicted molar refractivity (Wildman–Crippen MR) is 63.7 cm³/mol. The number of aromatic hydroxyl groups is 2. The van der Waals surface area contributed by atoms with Crippen molar-refractivity contribution in [2.75, 3.05) is 11.4 Å². The average molecular weight is 223 g/mol. The Morgan fingerprint density at radius 2 is 2.07 bits per heavy atom. The average Bonchev–Trinajstić information content (AvgIpc) is 2.61. The molecule has 1 aliphatic rings. The summed E-state index contributed by atoms with van der Waals surface area (Å²) in [5, 5.41) is 18.8. The van der Waals surface area contributed by atoms with Crippen LogP contribution in [0.25, 0.3) is 0 Å². The highest BCUT2D eigenvalue weighted by atomic mass is 32.1. The molecule has 0 atom stereocenters. The molecule has 0 bridgehead atoms. The molecule has 0 spiro atoms. The second kappa shape index (κ2) is 3.70. The lowest BCUT2D eigenvalue weighted by Gasteiger charge is -2.19. The SMILES string of the molecule is CCC(=S)N1CCc2cc(O)c(O)cc21. The van der Waals surface area contributed by atoms with E-state index in [-0.39, 0.29) is 11.5 Å². The molecule has 0 amide bonds. The van der Waals surface area contributed by atoms with Crippen LogP contribution in [0.3, 0.4) is 0 Å². The number of phenolic OH excluding ortho intramolecular Hbond substituents is 2. The Hall–Kier alpha value is -1.29. The summed E-state index contributed by atoms with van der Waals surface area (Å²) in [6, 6.07) is 3.20. The molecule has 0 radical (unpaired) electrons. The van der Waals surface area contributed by atoms with E-state index in [1.54, 1.807) is 12.1 Å². The van der Waals surface area contributed by atoms with E-state index >= 15 is 0 Å². The Kier molecular flexibility index (Phi) is 2.52. The summed E-state index contributed by atoms with van der Waals surface area (Å²) < 4.78 is 0. The van der Waals surface area contributed by atoms with Crippen molar-refractivity contribution in [2.24, 2.45) is 0 Å². The van der Waals surface area contributed by atoms with Gasteiger partial charge in [0.1, 0.15) is 0 Å². The van der Waals surface area contributed by atoms with Crippen molar-refractivity contribution in [1.82, 2.24) is 0 Å². The monoisotopic (exact) mass is 223 g/mol. The van der Waals surface area contributed by atoms with Crippen molar-refractivity contribution in [3.05, 3.63) is 17.7 Å². The van der Waals surface area contributed by atoms with E-state index in [2.05, 4.69) is 0 Å². The van der Waals surface area contributed by atoms with E-state index in [0.717, 1.165) is 35.6 Å². The van der Waals surface area contributed by atoms with E-state index in [1.165, 1.54) is 0 Å². The highest BCUT2D eigenvalue weighted by molar-refractivity contribution is 7.80. The Balaban J connectivity index is 2.42. The highest BCUT2D eigenvalue weighted by Gasteiger charge is 2.23. The molecule has 3 nitrogen and oxygen atoms in total. The maximum absolute atomic E-state index is 9.44. The smallest absolute Gasteiger partial charge is 0.159 e. The minimum atomic E-state index is -0.0837. The van der Waals surface area contributed by atoms with E-state index in [0.29, 0.717) is 0 Å². The molecule has 4 heteroatoms. The largest absolute Gasteiger partial charge is 0.504 e. The first-order valence-electron chi connectivity index (χ1n) is 4.98. The van der Waals surface area contributed by atoms with Crippen LogP contribution in [0.2, 0.25) is 0 Å². The zero-order valence-corrected chi connectivity index (χ0v) is 9.34. The van der Waals surface area contributed by atoms with Crippen LogP contribution >= 0.6 is 12.2 Å². The summed E-state index contributed by atoms with van der Waals surface area (Å²) in [5.41, 5.74) is 1.97. The zero-order chi connectivity index (χ0) is 11.0. The fourth-order valence-corrected chi connectivity index (χ4v) is 2.05. The van der Waals surface area contributed by atoms with Gasteiger partial charge in [-0.1, -0.05) is 19.1 Å². The lowest BCUT2D eigenvalue weighted by Crippen LogP contribution is -2.26. The summed E-state index contributed by atoms with van der Waals surface area (Å²) in [5.74, 6) is -0.141. The van der Waals surface area contributed by atoms with E-state index in [9.17, 15) is 10.2 Å². The summed E-state index contributed by atoms with van der Waals surface area (Å²) in [7, 11) is 0. The molecule has 1 aromatic carbocycles. The predicted octanol–water partition coefficient (Wildman–Crippen LogP) is 2.20. The maximum atomic E-state index is 9.44. The highest BCUT2D eigenvalue weighted by Crippen LogP contribution is 2.37. The minimum absolute atomic E-state index is 0.0574. The van der Waals surface area contributed by atoms with Gasteiger partial charge >= 0.3 is 0 Å². The Morgan fingerprint density at radius 3 is 2.73 bits per heavy atom. The van der Waals surface area contributed by atoms with Crippen LogP contribution in [0.1, 0.15) is 18.9 Å². The number of phenols is 2. The topological polar surface area (TPSA) is 43.7 Å². The first-order valence-corrected chi connectivity index (χ1v) is 5.39. The van der Waals surface area contributed by atoms with Gasteiger partial charge in [-0.25, -0.2) is 0 Å². The molecular weight excluding hydrogens is 210 g/mol. The van der Waals surface area contributed by atoms with Crippen LogP contribution in [-0.2, 0) is 6.42 Å². The molecule has 1 aromatic rings. The Bertz CT molecular complexity index is 417. The van der Waals surface area contributed by atoms with E-state index in [4.69, 9.17) is 12.2 Å². The molecule has 2 N–H and O–H groups in total. The molecule has 80 valence electrons. The van der Waals surface area contributed by atoms with Gasteiger partial charge in [-0.2, -0.15) is 0 Å². The fourth-order valence-electron chi connectivity index (χ4n) is 1.86. The molecule has 0 saturated carbocycles. The van der Waals surface area contributed by atoms with Gasteiger partial charge in [-0.05, 0) is 24.5 Å². The van der Waals surface area contributed by atoms with E-state index in [1.807, 2.05) is 11.8 Å². The summed E-state index contributed by atoms with van der Waals surface area (Å²) in [6.07, 6.45) is 1.68. The molecule has 0 saturated heterocycles. The van der Waals surface area contributed by atoms with Crippen molar-refractivity contribution in [2.45, 2.75) is 19.8 Å². The number of hydrogen-bond donors (Lipinski definition) is 2. The quantitative estimate of drug-likeness (QED) is 0.566. The van der Waals surface area contributed by atoms with E-state index < -0.39 is 0 Å². The van der Waals surface area contributed by atoms with Gasteiger partial charge in [0.2, 0.25) is 0 Å². The fraction of sp³-hybridized carbons (Fsp3) is 0.364. The third kappa shape index (κ3) is 1.65. The molecule has 1 aliphatic heterocycles. The molecule has 0 aliphatic carbocycles. The lowest BCUT2D eigenvalue weighted by molar-refractivity contribution is 0.403. The van der Waals surface area contributed by atoms with Crippen molar-refractivity contribution in [1.29, 1.82) is 0 Å². The van der Waals surface area contributed by atoms with Crippen LogP contribution in [0.4, 0.5) is 5.69 Å². The molecule has 1 heterocycles. The van der Waals surface area contributed by atoms with Gasteiger partial charge in [0, 0.05) is 18.3 Å². The molecule has 0 unspecified atom stereocenters. The summed E-state index contributed by atoms with van der Waals surface area (Å²) in [4.78, 5) is 2.89. The van der Waals surface area contributed by atoms with Gasteiger partial charge < -0.3 is 15.1 Å². The number of thiocarbonyl (C=S) groups is 1. The van der Waals surface area contributed by atoms with Crippen molar-refractivity contribution >= 4 is 22.9 Å². The van der Waals surface area contributed by atoms with Crippen molar-refractivity contribution in [3.8, 4) is 11.5 Å². The van der Waals surface area contributed by atoms with Gasteiger partial charge in [0.15, 0.2) is 11.5 Å². The summed E-state index contributed by atoms with van der Waals surface area (Å²) in [6.45, 7) is 2.85. The van der Waals surface area contributed by atoms with Gasteiger partial charge in [0.05, 0.1) is 4.99 Å². The Labute approximate surface area is 94.0 Å². The molecule has 0 aromatic heterocycles. The first-order chi connectivity index (χ1) is 7.13. The van der Waals surface area contributed by atoms with Crippen LogP contribution in [-0.4, -0.2) is 21.7 Å². The number of anilines is 1. The number of nitrogens with zero attached hydrogens (tertiary/aromatic N) is 1. The van der Waals surface area contributed by atoms with Crippen LogP contribution in [0, 0.1) is 0 Å². The maximum Gasteiger partial charge on any atom is 0.159 e. The summed E-state index contributed by atoms with van der Waals surface area (Å²) >= 11 is 5.25. The second-order valence-electron chi connectivity index (χ2n) is 3.62. The van der Waals surface area contributed by atoms with Gasteiger partial charge in [-0.15, -0.1) is 0 Å². The van der Waals surface area contributed by atoms with Crippen molar-refractivity contribution < 1.29 is 10.2 Å². The van der Waals surface area contributed by atoms with Crippen LogP contribution in [0.5, 0.6) is 11.5 Å². The third-order valence-corrected chi connectivity index (χ3v) is 3.18. The molecule has 15 heavy (non-hydrogen) atoms. The second-order valence-corrected chi connectivity index (χ2v) is 4.09. The van der Waals surface area contributed by atoms with Gasteiger partial charge in [0.25, 0.3) is 0 Å². The van der Waals surface area contributed by atoms with Crippen LogP contribution < -0.4 is 4.90 Å². The standard InChI is InChI=1S/C11H13NO2S/c1-2-11(15)12-4-3-7-5-9(13)10(14)6-8(7)12/h5-6,13-14H,2-4H2,1H3. The Morgan fingerprint density at radius 1 is 1.40 bits per heavy atom. The first kappa shape index (κ1) is 10.2. The minimum Gasteiger partial charge on any atom is -0.504 e. The zero-order valence-electron chi connectivity index (χ0n) is 8.53. The molecular formula is C11H13NO2S. The normalized spacial score (nSPS) is 14.1. The number of fused-ring (bicyclic) bond motifs is 1. The third-order valence-electron chi connectivity index (χ3n) is 2.67. The number of rotatable bonds is 1. The molecule has 2 rings (SSSR count). The van der Waals surface area contributed by atoms with Crippen LogP contribution in [0.15, 0.2) is 12.1 Å². The van der Waals surface area contributed by atoms with Gasteiger partial charge in [-0.3, -0.25) is 0 Å². The van der Waals surface area contributed by atoms with Crippen molar-refractivity contribution in [3.63, 3.8) is 0 Å². The number of hydrogen-bond acceptors (Lipinski definition) is 3.